The molecule has 4 aliphatic heterocycles. The van der Waals surface area contributed by atoms with Crippen LogP contribution in [0, 0.1) is 6.57 Å². The van der Waals surface area contributed by atoms with E-state index >= 15 is 0 Å². The molecular formula is C18H17N3O4S2. The van der Waals surface area contributed by atoms with Gasteiger partial charge in [0.05, 0.1) is 6.42 Å². The van der Waals surface area contributed by atoms with Crippen molar-refractivity contribution in [3.63, 3.8) is 0 Å². The minimum Gasteiger partial charge on any atom is -0.454 e. The van der Waals surface area contributed by atoms with Gasteiger partial charge in [-0.3, -0.25) is 9.59 Å². The third kappa shape index (κ3) is 1.61. The average molecular weight is 403 g/mol. The molecule has 7 nitrogen and oxygen atoms in total. The molecule has 4 aliphatic rings. The minimum absolute atomic E-state index is 0.146. The molecule has 0 N–H and O–H groups in total. The molecule has 9 heteroatoms. The molecule has 3 saturated heterocycles. The predicted molar refractivity (Wildman–Crippen MR) is 100 cm³/mol. The van der Waals surface area contributed by atoms with E-state index < -0.39 is 30.8 Å². The van der Waals surface area contributed by atoms with E-state index in [2.05, 4.69) is 4.85 Å². The summed E-state index contributed by atoms with van der Waals surface area (Å²) < 4.78 is 10.9. The van der Waals surface area contributed by atoms with Gasteiger partial charge in [0.25, 0.3) is 17.4 Å². The van der Waals surface area contributed by atoms with Crippen LogP contribution in [0.15, 0.2) is 18.2 Å². The van der Waals surface area contributed by atoms with Crippen LogP contribution < -0.4 is 9.47 Å². The normalized spacial score (nSPS) is 41.3. The number of hydrogen-bond donors (Lipinski definition) is 0. The lowest BCUT2D eigenvalue weighted by Gasteiger charge is -2.38. The molecule has 1 aromatic carbocycles. The van der Waals surface area contributed by atoms with Gasteiger partial charge in [-0.15, -0.1) is 0 Å². The summed E-state index contributed by atoms with van der Waals surface area (Å²) in [4.78, 5) is 31.6. The number of likely N-dealkylation sites (N-methyl/N-ethyl adjacent to an activating group) is 1. The number of fused-ring (bicyclic) bond motifs is 2. The van der Waals surface area contributed by atoms with Gasteiger partial charge in [0, 0.05) is 14.0 Å². The standard InChI is InChI=1S/C18H17N3O4S2/c1-16(19-3)8-18-15(23)20(4)17(2,27(18)26)14(22)21(18)13(16)10-5-6-11-12(7-10)25-9-24-11/h5-7,13H,8-9H2,1-2,4H3/t13?,16-,17?,18+,27?/m1/s1. The van der Waals surface area contributed by atoms with Gasteiger partial charge in [-0.1, -0.05) is 6.07 Å². The maximum absolute atomic E-state index is 13.5. The molecule has 5 atom stereocenters. The number of amides is 2. The van der Waals surface area contributed by atoms with Crippen LogP contribution in [0.25, 0.3) is 4.85 Å². The summed E-state index contributed by atoms with van der Waals surface area (Å²) in [6, 6.07) is 4.88. The molecule has 2 amide bonds. The SMILES string of the molecule is [C-]#[N+][C@]1(C)C[C@]23C(=O)N(C)C(C)(C(=O)N2C1c1ccc2c(c1)OCO2)S3=S. The van der Waals surface area contributed by atoms with Crippen molar-refractivity contribution >= 4 is 32.5 Å². The minimum atomic E-state index is -1.11. The summed E-state index contributed by atoms with van der Waals surface area (Å²) in [6.07, 6.45) is 0.250. The highest BCUT2D eigenvalue weighted by Crippen LogP contribution is 2.63. The van der Waals surface area contributed by atoms with Gasteiger partial charge in [-0.05, 0) is 45.3 Å². The maximum Gasteiger partial charge on any atom is 0.261 e. The molecule has 3 fully saturated rings. The van der Waals surface area contributed by atoms with Crippen LogP contribution in [0.2, 0.25) is 0 Å². The number of piperazine rings is 1. The van der Waals surface area contributed by atoms with E-state index in [-0.39, 0.29) is 25.0 Å². The van der Waals surface area contributed by atoms with Gasteiger partial charge >= 0.3 is 0 Å². The van der Waals surface area contributed by atoms with Crippen molar-refractivity contribution in [3.05, 3.63) is 35.2 Å². The third-order valence-electron chi connectivity index (χ3n) is 6.36. The third-order valence-corrected chi connectivity index (χ3v) is 10.5. The molecule has 1 aromatic rings. The molecule has 27 heavy (non-hydrogen) atoms. The number of ether oxygens (including phenoxy) is 2. The Labute approximate surface area is 163 Å². The summed E-state index contributed by atoms with van der Waals surface area (Å²) in [7, 11) is 0.702. The fourth-order valence-electron chi connectivity index (χ4n) is 4.89. The molecule has 5 rings (SSSR count). The summed E-state index contributed by atoms with van der Waals surface area (Å²) in [6.45, 7) is 11.6. The van der Waals surface area contributed by atoms with E-state index in [1.165, 1.54) is 4.90 Å². The second-order valence-corrected chi connectivity index (χ2v) is 10.7. The first-order chi connectivity index (χ1) is 12.7. The topological polar surface area (TPSA) is 63.4 Å². The van der Waals surface area contributed by atoms with Gasteiger partial charge in [0.15, 0.2) is 21.2 Å². The lowest BCUT2D eigenvalue weighted by atomic mass is 9.87. The molecular weight excluding hydrogens is 386 g/mol. The number of benzene rings is 1. The Morgan fingerprint density at radius 3 is 2.67 bits per heavy atom. The second-order valence-electron chi connectivity index (χ2n) is 7.74. The summed E-state index contributed by atoms with van der Waals surface area (Å²) in [5.74, 6) is 0.902. The van der Waals surface area contributed by atoms with Crippen molar-refractivity contribution in [1.29, 1.82) is 0 Å². The highest BCUT2D eigenvalue weighted by Gasteiger charge is 2.82. The molecule has 1 spiro atoms. The number of nitrogens with zero attached hydrogens (tertiary/aromatic N) is 3. The van der Waals surface area contributed by atoms with Gasteiger partial charge in [0.2, 0.25) is 6.79 Å². The van der Waals surface area contributed by atoms with Gasteiger partial charge < -0.3 is 24.1 Å². The van der Waals surface area contributed by atoms with E-state index in [1.54, 1.807) is 24.9 Å². The van der Waals surface area contributed by atoms with Gasteiger partial charge in [-0.25, -0.2) is 6.57 Å². The predicted octanol–water partition coefficient (Wildman–Crippen LogP) is 1.34. The lowest BCUT2D eigenvalue weighted by molar-refractivity contribution is -0.159. The fourth-order valence-corrected chi connectivity index (χ4v) is 8.41. The highest BCUT2D eigenvalue weighted by atomic mass is 32.8. The zero-order valence-corrected chi connectivity index (χ0v) is 16.6. The van der Waals surface area contributed by atoms with Crippen molar-refractivity contribution in [1.82, 2.24) is 9.80 Å². The molecule has 0 aliphatic carbocycles. The van der Waals surface area contributed by atoms with Crippen molar-refractivity contribution in [2.75, 3.05) is 13.8 Å². The van der Waals surface area contributed by atoms with Crippen molar-refractivity contribution in [2.45, 2.75) is 41.6 Å². The van der Waals surface area contributed by atoms with Crippen LogP contribution in [-0.2, 0) is 30.2 Å². The van der Waals surface area contributed by atoms with E-state index in [4.69, 9.17) is 27.2 Å². The van der Waals surface area contributed by atoms with Gasteiger partial charge in [-0.2, -0.15) is 0 Å². The van der Waals surface area contributed by atoms with Crippen molar-refractivity contribution < 1.29 is 19.1 Å². The van der Waals surface area contributed by atoms with Crippen LogP contribution in [0.4, 0.5) is 0 Å². The number of carbonyl (C=O) groups excluding carboxylic acids is 2. The summed E-state index contributed by atoms with van der Waals surface area (Å²) in [5.41, 5.74) is -0.183. The van der Waals surface area contributed by atoms with Crippen molar-refractivity contribution in [2.24, 2.45) is 0 Å². The molecule has 3 unspecified atom stereocenters. The Balaban J connectivity index is 1.73. The van der Waals surface area contributed by atoms with E-state index in [0.717, 1.165) is 5.56 Å². The van der Waals surface area contributed by atoms with E-state index in [9.17, 15) is 9.59 Å². The Kier molecular flexibility index (Phi) is 3.02. The highest BCUT2D eigenvalue weighted by molar-refractivity contribution is 8.31. The van der Waals surface area contributed by atoms with Crippen LogP contribution >= 0.6 is 0 Å². The van der Waals surface area contributed by atoms with E-state index in [1.807, 2.05) is 19.1 Å². The zero-order chi connectivity index (χ0) is 19.4. The Bertz CT molecular complexity index is 1010. The Morgan fingerprint density at radius 2 is 1.96 bits per heavy atom. The summed E-state index contributed by atoms with van der Waals surface area (Å²) >= 11 is 5.77. The molecule has 0 radical (unpaired) electrons. The quantitative estimate of drug-likeness (QED) is 0.663. The first-order valence-corrected chi connectivity index (χ1v) is 10.7. The van der Waals surface area contributed by atoms with Crippen LogP contribution in [0.3, 0.4) is 0 Å². The largest absolute Gasteiger partial charge is 0.454 e. The molecule has 2 bridgehead atoms. The van der Waals surface area contributed by atoms with Crippen LogP contribution in [-0.4, -0.2) is 50.7 Å². The fraction of sp³-hybridized carbons (Fsp3) is 0.500. The Morgan fingerprint density at radius 1 is 1.26 bits per heavy atom. The zero-order valence-electron chi connectivity index (χ0n) is 15.0. The average Bonchev–Trinajstić information content (AvgIpc) is 3.31. The Hall–Kier alpha value is -2.18. The maximum atomic E-state index is 13.5. The second kappa shape index (κ2) is 4.80. The number of rotatable bonds is 1. The summed E-state index contributed by atoms with van der Waals surface area (Å²) in [5, 5.41) is 0. The molecule has 4 heterocycles. The number of carbonyl (C=O) groups is 2. The van der Waals surface area contributed by atoms with Crippen LogP contribution in [0.1, 0.15) is 31.9 Å². The van der Waals surface area contributed by atoms with Crippen LogP contribution in [0.5, 0.6) is 11.5 Å². The lowest BCUT2D eigenvalue weighted by Crippen LogP contribution is -2.60. The molecule has 140 valence electrons. The first-order valence-electron chi connectivity index (χ1n) is 8.54. The van der Waals surface area contributed by atoms with Crippen molar-refractivity contribution in [3.8, 4) is 11.5 Å². The molecule has 0 aromatic heterocycles. The van der Waals surface area contributed by atoms with Gasteiger partial charge in [0.1, 0.15) is 6.04 Å². The smallest absolute Gasteiger partial charge is 0.261 e. The first kappa shape index (κ1) is 17.0. The van der Waals surface area contributed by atoms with E-state index in [0.29, 0.717) is 11.5 Å². The number of hydrogen-bond acceptors (Lipinski definition) is 5. The monoisotopic (exact) mass is 403 g/mol. The molecule has 0 saturated carbocycles.